The number of nitrogens with zero attached hydrogens (tertiary/aromatic N) is 3. The van der Waals surface area contributed by atoms with Gasteiger partial charge < -0.3 is 19.9 Å². The van der Waals surface area contributed by atoms with Crippen LogP contribution in [0.2, 0.25) is 0 Å². The largest absolute Gasteiger partial charge is 0.494 e. The standard InChI is InChI=1S/C23H24FN5O3S/c1-3-13-29-20(14-21(30)25-17-7-5-16(24)6-8-17)27-28-23(29)33-15-22(31)26-18-9-11-19(12-10-18)32-4-2/h3,5-12H,1,4,13-15H2,2H3,(H,25,30)(H,26,31). The number of benzene rings is 2. The number of carbonyl (C=O) groups excluding carboxylic acids is 2. The lowest BCUT2D eigenvalue weighted by Gasteiger charge is -2.09. The van der Waals surface area contributed by atoms with Gasteiger partial charge >= 0.3 is 0 Å². The predicted octanol–water partition coefficient (Wildman–Crippen LogP) is 3.91. The monoisotopic (exact) mass is 469 g/mol. The summed E-state index contributed by atoms with van der Waals surface area (Å²) < 4.78 is 20.1. The average molecular weight is 470 g/mol. The molecule has 0 aliphatic rings. The zero-order valence-corrected chi connectivity index (χ0v) is 18.9. The highest BCUT2D eigenvalue weighted by Crippen LogP contribution is 2.20. The third-order valence-electron chi connectivity index (χ3n) is 4.33. The molecule has 172 valence electrons. The molecule has 33 heavy (non-hydrogen) atoms. The number of hydrogen-bond acceptors (Lipinski definition) is 6. The molecule has 0 atom stereocenters. The van der Waals surface area contributed by atoms with Crippen molar-refractivity contribution in [3.8, 4) is 5.75 Å². The lowest BCUT2D eigenvalue weighted by Crippen LogP contribution is -2.18. The number of anilines is 2. The number of halogens is 1. The molecule has 0 saturated carbocycles. The van der Waals surface area contributed by atoms with Gasteiger partial charge in [-0.25, -0.2) is 4.39 Å². The molecule has 1 aromatic heterocycles. The van der Waals surface area contributed by atoms with Crippen molar-refractivity contribution in [2.24, 2.45) is 0 Å². The average Bonchev–Trinajstić information content (AvgIpc) is 3.17. The molecule has 0 bridgehead atoms. The Morgan fingerprint density at radius 2 is 1.70 bits per heavy atom. The van der Waals surface area contributed by atoms with Gasteiger partial charge in [0, 0.05) is 17.9 Å². The number of nitrogens with one attached hydrogen (secondary N) is 2. The fraction of sp³-hybridized carbons (Fsp3) is 0.217. The van der Waals surface area contributed by atoms with E-state index in [2.05, 4.69) is 27.4 Å². The summed E-state index contributed by atoms with van der Waals surface area (Å²) in [6.45, 7) is 6.59. The third-order valence-corrected chi connectivity index (χ3v) is 5.30. The highest BCUT2D eigenvalue weighted by molar-refractivity contribution is 7.99. The number of carbonyl (C=O) groups is 2. The van der Waals surface area contributed by atoms with E-state index < -0.39 is 0 Å². The summed E-state index contributed by atoms with van der Waals surface area (Å²) in [6, 6.07) is 12.6. The van der Waals surface area contributed by atoms with E-state index in [1.165, 1.54) is 36.0 Å². The molecule has 0 fully saturated rings. The summed E-state index contributed by atoms with van der Waals surface area (Å²) in [6.07, 6.45) is 1.63. The van der Waals surface area contributed by atoms with E-state index in [1.54, 1.807) is 34.9 Å². The molecule has 3 rings (SSSR count). The number of ether oxygens (including phenoxy) is 1. The van der Waals surface area contributed by atoms with Crippen LogP contribution in [0.4, 0.5) is 15.8 Å². The van der Waals surface area contributed by atoms with Gasteiger partial charge in [0.15, 0.2) is 5.16 Å². The molecule has 0 saturated heterocycles. The van der Waals surface area contributed by atoms with Crippen LogP contribution < -0.4 is 15.4 Å². The molecule has 8 nitrogen and oxygen atoms in total. The molecule has 3 aromatic rings. The van der Waals surface area contributed by atoms with Gasteiger partial charge in [-0.1, -0.05) is 17.8 Å². The third kappa shape index (κ3) is 7.18. The van der Waals surface area contributed by atoms with Gasteiger partial charge in [-0.15, -0.1) is 16.8 Å². The lowest BCUT2D eigenvalue weighted by molar-refractivity contribution is -0.116. The number of rotatable bonds is 11. The molecule has 0 unspecified atom stereocenters. The van der Waals surface area contributed by atoms with Crippen LogP contribution >= 0.6 is 11.8 Å². The first-order chi connectivity index (χ1) is 16.0. The Hall–Kier alpha value is -3.66. The van der Waals surface area contributed by atoms with Gasteiger partial charge in [0.05, 0.1) is 18.8 Å². The summed E-state index contributed by atoms with van der Waals surface area (Å²) in [5, 5.41) is 14.2. The Balaban J connectivity index is 1.57. The van der Waals surface area contributed by atoms with E-state index in [1.807, 2.05) is 6.92 Å². The van der Waals surface area contributed by atoms with Gasteiger partial charge in [0.1, 0.15) is 17.4 Å². The van der Waals surface area contributed by atoms with Crippen LogP contribution in [0, 0.1) is 5.82 Å². The number of thioether (sulfide) groups is 1. The van der Waals surface area contributed by atoms with E-state index in [4.69, 9.17) is 4.74 Å². The molecule has 10 heteroatoms. The summed E-state index contributed by atoms with van der Waals surface area (Å²) in [5.74, 6) is 0.385. The van der Waals surface area contributed by atoms with Gasteiger partial charge in [0.2, 0.25) is 11.8 Å². The molecule has 2 N–H and O–H groups in total. The maximum atomic E-state index is 13.0. The van der Waals surface area contributed by atoms with E-state index >= 15 is 0 Å². The number of amides is 2. The molecule has 0 aliphatic heterocycles. The Morgan fingerprint density at radius 1 is 1.06 bits per heavy atom. The maximum Gasteiger partial charge on any atom is 0.234 e. The molecule has 1 heterocycles. The zero-order chi connectivity index (χ0) is 23.6. The van der Waals surface area contributed by atoms with Gasteiger partial charge in [-0.3, -0.25) is 9.59 Å². The maximum absolute atomic E-state index is 13.0. The van der Waals surface area contributed by atoms with Crippen LogP contribution in [-0.4, -0.2) is 38.9 Å². The molecule has 2 aromatic carbocycles. The number of allylic oxidation sites excluding steroid dienone is 1. The Morgan fingerprint density at radius 3 is 2.33 bits per heavy atom. The Labute approximate surface area is 195 Å². The quantitative estimate of drug-likeness (QED) is 0.326. The van der Waals surface area contributed by atoms with Crippen LogP contribution in [0.5, 0.6) is 5.75 Å². The summed E-state index contributed by atoms with van der Waals surface area (Å²) in [4.78, 5) is 24.7. The van der Waals surface area contributed by atoms with Crippen molar-refractivity contribution in [2.75, 3.05) is 23.0 Å². The van der Waals surface area contributed by atoms with Gasteiger partial charge in [-0.05, 0) is 55.5 Å². The van der Waals surface area contributed by atoms with Crippen molar-refractivity contribution in [1.29, 1.82) is 0 Å². The van der Waals surface area contributed by atoms with Crippen LogP contribution in [-0.2, 0) is 22.6 Å². The van der Waals surface area contributed by atoms with Crippen LogP contribution in [0.3, 0.4) is 0 Å². The summed E-state index contributed by atoms with van der Waals surface area (Å²) >= 11 is 1.21. The molecule has 0 aliphatic carbocycles. The first-order valence-corrected chi connectivity index (χ1v) is 11.2. The molecule has 0 spiro atoms. The fourth-order valence-corrected chi connectivity index (χ4v) is 3.65. The minimum Gasteiger partial charge on any atom is -0.494 e. The Bertz CT molecular complexity index is 1100. The molecule has 2 amide bonds. The van der Waals surface area contributed by atoms with Crippen molar-refractivity contribution in [2.45, 2.75) is 25.0 Å². The SMILES string of the molecule is C=CCn1c(CC(=O)Nc2ccc(F)cc2)nnc1SCC(=O)Nc1ccc(OCC)cc1. The zero-order valence-electron chi connectivity index (χ0n) is 18.1. The second-order valence-corrected chi connectivity index (χ2v) is 7.77. The topological polar surface area (TPSA) is 98.1 Å². The van der Waals surface area contributed by atoms with Crippen LogP contribution in [0.25, 0.3) is 0 Å². The van der Waals surface area contributed by atoms with E-state index in [0.29, 0.717) is 35.5 Å². The number of hydrogen-bond donors (Lipinski definition) is 2. The van der Waals surface area contributed by atoms with E-state index in [-0.39, 0.29) is 29.8 Å². The van der Waals surface area contributed by atoms with Gasteiger partial charge in [-0.2, -0.15) is 0 Å². The minimum absolute atomic E-state index is 0.0306. The molecule has 0 radical (unpaired) electrons. The van der Waals surface area contributed by atoms with Crippen LogP contribution in [0.15, 0.2) is 66.3 Å². The first kappa shape index (κ1) is 24.0. The van der Waals surface area contributed by atoms with E-state index in [9.17, 15) is 14.0 Å². The summed E-state index contributed by atoms with van der Waals surface area (Å²) in [5.41, 5.74) is 1.14. The van der Waals surface area contributed by atoms with Gasteiger partial charge in [0.25, 0.3) is 0 Å². The summed E-state index contributed by atoms with van der Waals surface area (Å²) in [7, 11) is 0. The number of aromatic nitrogens is 3. The minimum atomic E-state index is -0.382. The van der Waals surface area contributed by atoms with Crippen molar-refractivity contribution < 1.29 is 18.7 Å². The molecular formula is C23H24FN5O3S. The predicted molar refractivity (Wildman–Crippen MR) is 126 cm³/mol. The smallest absolute Gasteiger partial charge is 0.234 e. The van der Waals surface area contributed by atoms with Crippen molar-refractivity contribution in [3.63, 3.8) is 0 Å². The highest BCUT2D eigenvalue weighted by Gasteiger charge is 2.16. The van der Waals surface area contributed by atoms with E-state index in [0.717, 1.165) is 5.75 Å². The lowest BCUT2D eigenvalue weighted by atomic mass is 10.3. The van der Waals surface area contributed by atoms with Crippen molar-refractivity contribution in [1.82, 2.24) is 14.8 Å². The second-order valence-electron chi connectivity index (χ2n) is 6.82. The fourth-order valence-electron chi connectivity index (χ4n) is 2.88. The van der Waals surface area contributed by atoms with Crippen molar-refractivity contribution in [3.05, 3.63) is 72.8 Å². The van der Waals surface area contributed by atoms with Crippen LogP contribution in [0.1, 0.15) is 12.7 Å². The first-order valence-electron chi connectivity index (χ1n) is 10.2. The highest BCUT2D eigenvalue weighted by atomic mass is 32.2. The normalized spacial score (nSPS) is 10.5. The van der Waals surface area contributed by atoms with Crippen molar-refractivity contribution >= 4 is 35.0 Å². The second kappa shape index (κ2) is 11.8. The molecular weight excluding hydrogens is 445 g/mol. The Kier molecular flexibility index (Phi) is 8.59.